The Kier molecular flexibility index (Phi) is 6.04. The van der Waals surface area contributed by atoms with E-state index in [2.05, 4.69) is 4.98 Å². The number of allylic oxidation sites excluding steroid dienone is 1. The lowest BCUT2D eigenvalue weighted by atomic mass is 9.79. The van der Waals surface area contributed by atoms with Crippen molar-refractivity contribution in [1.29, 1.82) is 5.26 Å². The Balaban J connectivity index is 2.26. The molecule has 0 spiro atoms. The minimum atomic E-state index is -4.58. The third-order valence-corrected chi connectivity index (χ3v) is 4.56. The lowest BCUT2D eigenvalue weighted by Crippen LogP contribution is -2.35. The number of halogens is 3. The Bertz CT molecular complexity index is 807. The van der Waals surface area contributed by atoms with Crippen LogP contribution in [0.3, 0.4) is 0 Å². The summed E-state index contributed by atoms with van der Waals surface area (Å²) in [4.78, 5) is 30.1. The number of pyridine rings is 1. The molecule has 0 aliphatic carbocycles. The van der Waals surface area contributed by atoms with Crippen LogP contribution in [0.1, 0.15) is 49.0 Å². The molecule has 1 amide bonds. The number of alkyl halides is 3. The number of nitriles is 1. The van der Waals surface area contributed by atoms with Crippen LogP contribution in [-0.2, 0) is 11.0 Å². The van der Waals surface area contributed by atoms with Gasteiger partial charge < -0.3 is 4.90 Å². The van der Waals surface area contributed by atoms with E-state index < -0.39 is 23.1 Å². The minimum absolute atomic E-state index is 0.0510. The number of nitrogens with zero attached hydrogens (tertiary/aromatic N) is 3. The van der Waals surface area contributed by atoms with Gasteiger partial charge in [0.1, 0.15) is 6.07 Å². The summed E-state index contributed by atoms with van der Waals surface area (Å²) >= 11 is 0. The van der Waals surface area contributed by atoms with Gasteiger partial charge in [-0.05, 0) is 25.3 Å². The smallest absolute Gasteiger partial charge is 0.338 e. The van der Waals surface area contributed by atoms with Gasteiger partial charge >= 0.3 is 6.18 Å². The molecule has 0 atom stereocenters. The molecule has 0 radical (unpaired) electrons. The van der Waals surface area contributed by atoms with Crippen molar-refractivity contribution in [1.82, 2.24) is 9.88 Å². The molecule has 1 aliphatic rings. The van der Waals surface area contributed by atoms with E-state index in [1.54, 1.807) is 13.8 Å². The van der Waals surface area contributed by atoms with Gasteiger partial charge in [-0.15, -0.1) is 0 Å². The third-order valence-electron chi connectivity index (χ3n) is 4.56. The zero-order chi connectivity index (χ0) is 20.2. The molecule has 0 bridgehead atoms. The second-order valence-electron chi connectivity index (χ2n) is 7.09. The van der Waals surface area contributed by atoms with Crippen molar-refractivity contribution in [2.75, 3.05) is 13.1 Å². The summed E-state index contributed by atoms with van der Waals surface area (Å²) < 4.78 is 38.6. The van der Waals surface area contributed by atoms with Crippen molar-refractivity contribution in [2.45, 2.75) is 39.3 Å². The summed E-state index contributed by atoms with van der Waals surface area (Å²) in [7, 11) is 0. The van der Waals surface area contributed by atoms with E-state index in [1.165, 1.54) is 11.0 Å². The van der Waals surface area contributed by atoms with Crippen molar-refractivity contribution in [3.05, 3.63) is 41.2 Å². The average molecular weight is 379 g/mol. The van der Waals surface area contributed by atoms with Gasteiger partial charge in [-0.25, -0.2) is 0 Å². The first-order valence-electron chi connectivity index (χ1n) is 8.53. The lowest BCUT2D eigenvalue weighted by molar-refractivity contribution is -0.137. The number of ketones is 1. The fourth-order valence-electron chi connectivity index (χ4n) is 2.95. The van der Waals surface area contributed by atoms with Crippen LogP contribution < -0.4 is 0 Å². The molecule has 2 rings (SSSR count). The first-order chi connectivity index (χ1) is 12.6. The van der Waals surface area contributed by atoms with Crippen LogP contribution in [0.15, 0.2) is 30.1 Å². The molecule has 144 valence electrons. The van der Waals surface area contributed by atoms with Crippen LogP contribution >= 0.6 is 0 Å². The molecule has 1 aromatic heterocycles. The quantitative estimate of drug-likeness (QED) is 0.744. The van der Waals surface area contributed by atoms with E-state index in [0.717, 1.165) is 12.3 Å². The van der Waals surface area contributed by atoms with Crippen LogP contribution in [0, 0.1) is 16.7 Å². The predicted octanol–water partition coefficient (Wildman–Crippen LogP) is 3.77. The number of hydrogen-bond donors (Lipinski definition) is 0. The lowest BCUT2D eigenvalue weighted by Gasteiger charge is -2.28. The van der Waals surface area contributed by atoms with E-state index >= 15 is 0 Å². The number of amides is 1. The van der Waals surface area contributed by atoms with Gasteiger partial charge in [0, 0.05) is 30.9 Å². The second-order valence-corrected chi connectivity index (χ2v) is 7.09. The number of rotatable bonds is 1. The Hall–Kier alpha value is -2.69. The first-order valence-corrected chi connectivity index (χ1v) is 8.53. The highest BCUT2D eigenvalue weighted by Crippen LogP contribution is 2.30. The zero-order valence-corrected chi connectivity index (χ0v) is 15.1. The standard InChI is InChI=1S/C19H20F3N3O2/c1-18(2)6-4-8-25(7-3-5-13(10-23)16(18)26)17(27)14-9-15(12-24-11-14)19(20,21)22/h5,9,11-12H,3-4,6-8H2,1-2H3/b13-5-. The maximum atomic E-state index is 12.9. The van der Waals surface area contributed by atoms with Crippen LogP contribution in [0.5, 0.6) is 0 Å². The summed E-state index contributed by atoms with van der Waals surface area (Å²) in [5.74, 6) is -0.780. The fourth-order valence-corrected chi connectivity index (χ4v) is 2.95. The largest absolute Gasteiger partial charge is 0.417 e. The molecule has 5 nitrogen and oxygen atoms in total. The molecule has 2 heterocycles. The van der Waals surface area contributed by atoms with Crippen molar-refractivity contribution in [2.24, 2.45) is 5.41 Å². The highest BCUT2D eigenvalue weighted by Gasteiger charge is 2.33. The van der Waals surface area contributed by atoms with Gasteiger partial charge in [0.25, 0.3) is 5.91 Å². The monoisotopic (exact) mass is 379 g/mol. The highest BCUT2D eigenvalue weighted by atomic mass is 19.4. The molecule has 0 unspecified atom stereocenters. The second kappa shape index (κ2) is 7.91. The molecule has 8 heteroatoms. The third kappa shape index (κ3) is 4.94. The summed E-state index contributed by atoms with van der Waals surface area (Å²) in [6, 6.07) is 2.69. The minimum Gasteiger partial charge on any atom is -0.338 e. The van der Waals surface area contributed by atoms with Gasteiger partial charge in [-0.1, -0.05) is 19.9 Å². The van der Waals surface area contributed by atoms with E-state index in [9.17, 15) is 28.0 Å². The number of carbonyl (C=O) groups is 2. The Morgan fingerprint density at radius 1 is 1.30 bits per heavy atom. The highest BCUT2D eigenvalue weighted by molar-refractivity contribution is 6.02. The molecule has 0 fully saturated rings. The average Bonchev–Trinajstić information content (AvgIpc) is 2.61. The van der Waals surface area contributed by atoms with Crippen LogP contribution in [-0.4, -0.2) is 34.7 Å². The Morgan fingerprint density at radius 2 is 2.00 bits per heavy atom. The summed E-state index contributed by atoms with van der Waals surface area (Å²) in [5.41, 5.74) is -1.81. The number of Topliss-reactive ketones (excluding diaryl/α,β-unsaturated/α-hetero) is 1. The molecule has 0 N–H and O–H groups in total. The zero-order valence-electron chi connectivity index (χ0n) is 15.1. The Labute approximate surface area is 155 Å². The first kappa shape index (κ1) is 20.6. The number of hydrogen-bond acceptors (Lipinski definition) is 4. The van der Waals surface area contributed by atoms with Crippen molar-refractivity contribution in [3.63, 3.8) is 0 Å². The van der Waals surface area contributed by atoms with Crippen molar-refractivity contribution < 1.29 is 22.8 Å². The fraction of sp³-hybridized carbons (Fsp3) is 0.474. The molecular formula is C19H20F3N3O2. The number of aromatic nitrogens is 1. The molecular weight excluding hydrogens is 359 g/mol. The normalized spacial score (nSPS) is 20.4. The molecule has 1 aromatic rings. The van der Waals surface area contributed by atoms with Gasteiger partial charge in [-0.3, -0.25) is 14.6 Å². The van der Waals surface area contributed by atoms with Gasteiger partial charge in [0.05, 0.1) is 16.7 Å². The predicted molar refractivity (Wildman–Crippen MR) is 91.5 cm³/mol. The molecule has 0 aromatic carbocycles. The van der Waals surface area contributed by atoms with Crippen molar-refractivity contribution in [3.8, 4) is 6.07 Å². The van der Waals surface area contributed by atoms with Gasteiger partial charge in [0.15, 0.2) is 5.78 Å². The van der Waals surface area contributed by atoms with Crippen molar-refractivity contribution >= 4 is 11.7 Å². The number of carbonyl (C=O) groups excluding carboxylic acids is 2. The van der Waals surface area contributed by atoms with Crippen LogP contribution in [0.25, 0.3) is 0 Å². The Morgan fingerprint density at radius 3 is 2.63 bits per heavy atom. The maximum absolute atomic E-state index is 12.9. The van der Waals surface area contributed by atoms with E-state index in [4.69, 9.17) is 0 Å². The molecule has 1 aliphatic heterocycles. The topological polar surface area (TPSA) is 74.1 Å². The summed E-state index contributed by atoms with van der Waals surface area (Å²) in [6.45, 7) is 3.99. The van der Waals surface area contributed by atoms with Crippen LogP contribution in [0.2, 0.25) is 0 Å². The SMILES string of the molecule is CC1(C)CCCN(C(=O)c2cncc(C(F)(F)F)c2)CC/C=C(/C#N)C1=O. The van der Waals surface area contributed by atoms with E-state index in [1.807, 2.05) is 6.07 Å². The van der Waals surface area contributed by atoms with Crippen LogP contribution in [0.4, 0.5) is 13.2 Å². The summed E-state index contributed by atoms with van der Waals surface area (Å²) in [6.07, 6.45) is -0.0896. The van der Waals surface area contributed by atoms with Gasteiger partial charge in [0.2, 0.25) is 0 Å². The molecule has 27 heavy (non-hydrogen) atoms. The van der Waals surface area contributed by atoms with E-state index in [-0.39, 0.29) is 29.9 Å². The maximum Gasteiger partial charge on any atom is 0.417 e. The summed E-state index contributed by atoms with van der Waals surface area (Å²) in [5, 5.41) is 9.20. The van der Waals surface area contributed by atoms with E-state index in [0.29, 0.717) is 25.6 Å². The molecule has 0 saturated heterocycles. The molecule has 0 saturated carbocycles. The van der Waals surface area contributed by atoms with Gasteiger partial charge in [-0.2, -0.15) is 18.4 Å².